The van der Waals surface area contributed by atoms with Gasteiger partial charge in [-0.3, -0.25) is 4.79 Å². The van der Waals surface area contributed by atoms with Crippen LogP contribution in [0.3, 0.4) is 0 Å². The molecule has 0 aromatic heterocycles. The summed E-state index contributed by atoms with van der Waals surface area (Å²) >= 11 is 0. The van der Waals surface area contributed by atoms with Crippen molar-refractivity contribution < 1.29 is 20.1 Å². The van der Waals surface area contributed by atoms with E-state index >= 15 is 0 Å². The zero-order valence-electron chi connectivity index (χ0n) is 15.7. The Bertz CT molecular complexity index is 627. The van der Waals surface area contributed by atoms with Crippen molar-refractivity contribution in [1.82, 2.24) is 0 Å². The maximum atomic E-state index is 12.2. The van der Waals surface area contributed by atoms with Gasteiger partial charge in [-0.2, -0.15) is 0 Å². The number of hydrogen-bond donors (Lipinski definition) is 3. The minimum Gasteiger partial charge on any atom is -0.393 e. The van der Waals surface area contributed by atoms with Crippen molar-refractivity contribution in [2.75, 3.05) is 0 Å². The first kappa shape index (κ1) is 17.7. The molecule has 0 heterocycles. The molecule has 0 saturated heterocycles. The minimum atomic E-state index is -0.979. The van der Waals surface area contributed by atoms with E-state index in [-0.39, 0.29) is 35.1 Å². The first-order chi connectivity index (χ1) is 11.6. The van der Waals surface area contributed by atoms with Crippen molar-refractivity contribution in [3.05, 3.63) is 11.6 Å². The molecule has 0 amide bonds. The van der Waals surface area contributed by atoms with Gasteiger partial charge in [-0.15, -0.1) is 0 Å². The standard InChI is InChI=1S/C21H32O4/c1-12(22)15-7-9-21(25)16-5-4-13-10-14(23)6-8-19(13,2)17(16)11-18(24)20(15,21)3/h4,14-18,23-25H,5-11H2,1-3H3. The lowest BCUT2D eigenvalue weighted by molar-refractivity contribution is -0.224. The Hall–Kier alpha value is -0.710. The van der Waals surface area contributed by atoms with Gasteiger partial charge in [-0.1, -0.05) is 25.5 Å². The van der Waals surface area contributed by atoms with E-state index in [2.05, 4.69) is 13.0 Å². The van der Waals surface area contributed by atoms with E-state index in [4.69, 9.17) is 0 Å². The van der Waals surface area contributed by atoms with Crippen molar-refractivity contribution in [3.63, 3.8) is 0 Å². The molecule has 4 aliphatic rings. The molecule has 3 N–H and O–H groups in total. The van der Waals surface area contributed by atoms with Crippen LogP contribution >= 0.6 is 0 Å². The number of hydrogen-bond acceptors (Lipinski definition) is 4. The molecule has 0 radical (unpaired) electrons. The van der Waals surface area contributed by atoms with Crippen LogP contribution < -0.4 is 0 Å². The van der Waals surface area contributed by atoms with Crippen LogP contribution in [0.25, 0.3) is 0 Å². The largest absolute Gasteiger partial charge is 0.393 e. The molecule has 140 valence electrons. The van der Waals surface area contributed by atoms with Crippen molar-refractivity contribution in [2.24, 2.45) is 28.6 Å². The highest BCUT2D eigenvalue weighted by molar-refractivity contribution is 5.80. The van der Waals surface area contributed by atoms with Gasteiger partial charge in [-0.25, -0.2) is 0 Å². The molecule has 4 nitrogen and oxygen atoms in total. The Morgan fingerprint density at radius 3 is 2.56 bits per heavy atom. The smallest absolute Gasteiger partial charge is 0.133 e. The zero-order chi connectivity index (χ0) is 18.2. The fourth-order valence-corrected chi connectivity index (χ4v) is 7.24. The van der Waals surface area contributed by atoms with Gasteiger partial charge in [0.15, 0.2) is 0 Å². The van der Waals surface area contributed by atoms with Gasteiger partial charge < -0.3 is 15.3 Å². The molecular formula is C21H32O4. The third-order valence-corrected chi connectivity index (χ3v) is 8.85. The summed E-state index contributed by atoms with van der Waals surface area (Å²) in [4.78, 5) is 12.2. The van der Waals surface area contributed by atoms with Crippen molar-refractivity contribution in [3.8, 4) is 0 Å². The second-order valence-electron chi connectivity index (χ2n) is 9.65. The van der Waals surface area contributed by atoms with Crippen molar-refractivity contribution in [2.45, 2.75) is 83.5 Å². The second-order valence-corrected chi connectivity index (χ2v) is 9.65. The molecule has 4 heteroatoms. The molecule has 0 aliphatic heterocycles. The predicted molar refractivity (Wildman–Crippen MR) is 94.7 cm³/mol. The van der Waals surface area contributed by atoms with E-state index in [1.165, 1.54) is 5.57 Å². The topological polar surface area (TPSA) is 77.8 Å². The van der Waals surface area contributed by atoms with Gasteiger partial charge in [0, 0.05) is 11.3 Å². The highest BCUT2D eigenvalue weighted by atomic mass is 16.3. The molecule has 8 atom stereocenters. The highest BCUT2D eigenvalue weighted by Gasteiger charge is 2.70. The lowest BCUT2D eigenvalue weighted by Gasteiger charge is -2.62. The van der Waals surface area contributed by atoms with Crippen LogP contribution in [0.2, 0.25) is 0 Å². The lowest BCUT2D eigenvalue weighted by atomic mass is 9.45. The Balaban J connectivity index is 1.77. The summed E-state index contributed by atoms with van der Waals surface area (Å²) in [5.74, 6) is 0.155. The zero-order valence-corrected chi connectivity index (χ0v) is 15.7. The summed E-state index contributed by atoms with van der Waals surface area (Å²) < 4.78 is 0. The number of carbonyl (C=O) groups is 1. The van der Waals surface area contributed by atoms with E-state index in [0.717, 1.165) is 25.7 Å². The van der Waals surface area contributed by atoms with E-state index in [1.54, 1.807) is 6.92 Å². The van der Waals surface area contributed by atoms with Crippen LogP contribution in [-0.4, -0.2) is 38.9 Å². The fourth-order valence-electron chi connectivity index (χ4n) is 7.24. The van der Waals surface area contributed by atoms with E-state index < -0.39 is 17.1 Å². The number of aliphatic hydroxyl groups excluding tert-OH is 2. The van der Waals surface area contributed by atoms with Crippen LogP contribution in [0.5, 0.6) is 0 Å². The first-order valence-corrected chi connectivity index (χ1v) is 9.93. The molecule has 0 aromatic rings. The van der Waals surface area contributed by atoms with Gasteiger partial charge >= 0.3 is 0 Å². The quantitative estimate of drug-likeness (QED) is 0.637. The summed E-state index contributed by atoms with van der Waals surface area (Å²) in [6.45, 7) is 5.81. The summed E-state index contributed by atoms with van der Waals surface area (Å²) in [6.07, 6.45) is 6.49. The highest BCUT2D eigenvalue weighted by Crippen LogP contribution is 2.67. The van der Waals surface area contributed by atoms with Crippen molar-refractivity contribution >= 4 is 5.78 Å². The van der Waals surface area contributed by atoms with Crippen LogP contribution in [0, 0.1) is 28.6 Å². The maximum Gasteiger partial charge on any atom is 0.133 e. The summed E-state index contributed by atoms with van der Waals surface area (Å²) in [5, 5.41) is 33.0. The van der Waals surface area contributed by atoms with Crippen LogP contribution in [0.1, 0.15) is 65.7 Å². The van der Waals surface area contributed by atoms with Gasteiger partial charge in [0.2, 0.25) is 0 Å². The summed E-state index contributed by atoms with van der Waals surface area (Å²) in [7, 11) is 0. The minimum absolute atomic E-state index is 0.0471. The number of aliphatic hydroxyl groups is 3. The monoisotopic (exact) mass is 348 g/mol. The Morgan fingerprint density at radius 1 is 1.16 bits per heavy atom. The third kappa shape index (κ3) is 2.08. The van der Waals surface area contributed by atoms with Crippen LogP contribution in [0.4, 0.5) is 0 Å². The van der Waals surface area contributed by atoms with E-state index in [0.29, 0.717) is 19.3 Å². The number of Topliss-reactive ketones (excluding diaryl/α,β-unsaturated/α-hetero) is 1. The SMILES string of the molecule is CC(=O)C1CCC2(O)C3CC=C4CC(O)CCC4(C)C3CC(O)C12C. The molecule has 0 spiro atoms. The van der Waals surface area contributed by atoms with Gasteiger partial charge in [0.25, 0.3) is 0 Å². The van der Waals surface area contributed by atoms with E-state index in [1.807, 2.05) is 6.92 Å². The van der Waals surface area contributed by atoms with E-state index in [9.17, 15) is 20.1 Å². The Morgan fingerprint density at radius 2 is 1.88 bits per heavy atom. The van der Waals surface area contributed by atoms with Crippen LogP contribution in [-0.2, 0) is 4.79 Å². The average Bonchev–Trinajstić information content (AvgIpc) is 2.83. The number of allylic oxidation sites excluding steroid dienone is 1. The number of ketones is 1. The third-order valence-electron chi connectivity index (χ3n) is 8.85. The molecule has 3 saturated carbocycles. The maximum absolute atomic E-state index is 12.2. The molecule has 25 heavy (non-hydrogen) atoms. The number of carbonyl (C=O) groups excluding carboxylic acids is 1. The number of rotatable bonds is 1. The molecule has 3 fully saturated rings. The van der Waals surface area contributed by atoms with Crippen LogP contribution in [0.15, 0.2) is 11.6 Å². The average molecular weight is 348 g/mol. The predicted octanol–water partition coefficient (Wildman–Crippen LogP) is 2.60. The molecule has 4 rings (SSSR count). The number of fused-ring (bicyclic) bond motifs is 5. The second kappa shape index (κ2) is 5.40. The molecular weight excluding hydrogens is 316 g/mol. The van der Waals surface area contributed by atoms with Gasteiger partial charge in [0.1, 0.15) is 5.78 Å². The summed E-state index contributed by atoms with van der Waals surface area (Å²) in [6, 6.07) is 0. The lowest BCUT2D eigenvalue weighted by Crippen LogP contribution is -2.66. The summed E-state index contributed by atoms with van der Waals surface area (Å²) in [5.41, 5.74) is -0.454. The fraction of sp³-hybridized carbons (Fsp3) is 0.857. The molecule has 4 aliphatic carbocycles. The van der Waals surface area contributed by atoms with Gasteiger partial charge in [0.05, 0.1) is 17.8 Å². The molecule has 8 unspecified atom stereocenters. The normalized spacial score (nSPS) is 55.0. The van der Waals surface area contributed by atoms with Gasteiger partial charge in [-0.05, 0) is 69.1 Å². The Labute approximate surface area is 150 Å². The first-order valence-electron chi connectivity index (χ1n) is 9.93. The van der Waals surface area contributed by atoms with Crippen molar-refractivity contribution in [1.29, 1.82) is 0 Å². The molecule has 0 aromatic carbocycles. The molecule has 0 bridgehead atoms. The Kier molecular flexibility index (Phi) is 3.82.